The Morgan fingerprint density at radius 1 is 1.11 bits per heavy atom. The number of hydrogen-bond donors (Lipinski definition) is 0. The van der Waals surface area contributed by atoms with E-state index in [2.05, 4.69) is 22.0 Å². The van der Waals surface area contributed by atoms with Crippen molar-refractivity contribution >= 4 is 39.7 Å². The maximum Gasteiger partial charge on any atom is 0.0991 e. The standard InChI is InChI=1S/C15H9BrClN/c16-15-9-14(17)7-6-13(15)5-4-11-2-1-3-12(8-11)10-18/h1-9H/b5-4+. The van der Waals surface area contributed by atoms with E-state index in [0.29, 0.717) is 10.6 Å². The predicted molar refractivity (Wildman–Crippen MR) is 79.2 cm³/mol. The van der Waals surface area contributed by atoms with Crippen LogP contribution >= 0.6 is 27.5 Å². The third kappa shape index (κ3) is 3.22. The van der Waals surface area contributed by atoms with Crippen LogP contribution in [-0.2, 0) is 0 Å². The van der Waals surface area contributed by atoms with Crippen LogP contribution in [0.15, 0.2) is 46.9 Å². The number of nitriles is 1. The molecular weight excluding hydrogens is 310 g/mol. The van der Waals surface area contributed by atoms with Crippen molar-refractivity contribution in [2.24, 2.45) is 0 Å². The molecule has 0 N–H and O–H groups in total. The molecule has 0 saturated heterocycles. The summed E-state index contributed by atoms with van der Waals surface area (Å²) in [6, 6.07) is 15.2. The molecular formula is C15H9BrClN. The molecule has 0 aliphatic rings. The second kappa shape index (κ2) is 5.86. The lowest BCUT2D eigenvalue weighted by atomic mass is 10.1. The number of hydrogen-bond acceptors (Lipinski definition) is 1. The fraction of sp³-hybridized carbons (Fsp3) is 0. The summed E-state index contributed by atoms with van der Waals surface area (Å²) in [5, 5.41) is 9.53. The summed E-state index contributed by atoms with van der Waals surface area (Å²) in [6.07, 6.45) is 3.95. The van der Waals surface area contributed by atoms with Crippen molar-refractivity contribution < 1.29 is 0 Å². The minimum atomic E-state index is 0.660. The predicted octanol–water partition coefficient (Wildman–Crippen LogP) is 5.14. The van der Waals surface area contributed by atoms with Gasteiger partial charge in [0, 0.05) is 9.50 Å². The zero-order chi connectivity index (χ0) is 13.0. The summed E-state index contributed by atoms with van der Waals surface area (Å²) >= 11 is 9.34. The van der Waals surface area contributed by atoms with Crippen LogP contribution in [0.5, 0.6) is 0 Å². The van der Waals surface area contributed by atoms with E-state index in [-0.39, 0.29) is 0 Å². The Hall–Kier alpha value is -1.56. The molecule has 0 amide bonds. The molecule has 0 atom stereocenters. The molecule has 0 saturated carbocycles. The summed E-state index contributed by atoms with van der Waals surface area (Å²) < 4.78 is 0.947. The van der Waals surface area contributed by atoms with Crippen molar-refractivity contribution in [2.45, 2.75) is 0 Å². The Balaban J connectivity index is 2.27. The molecule has 3 heteroatoms. The highest BCUT2D eigenvalue weighted by Gasteiger charge is 1.97. The highest BCUT2D eigenvalue weighted by molar-refractivity contribution is 9.10. The molecule has 0 aliphatic carbocycles. The SMILES string of the molecule is N#Cc1cccc(/C=C/c2ccc(Cl)cc2Br)c1. The monoisotopic (exact) mass is 317 g/mol. The minimum Gasteiger partial charge on any atom is -0.192 e. The van der Waals surface area contributed by atoms with Gasteiger partial charge in [-0.3, -0.25) is 0 Å². The number of benzene rings is 2. The highest BCUT2D eigenvalue weighted by atomic mass is 79.9. The van der Waals surface area contributed by atoms with Crippen LogP contribution in [0.1, 0.15) is 16.7 Å². The second-order valence-electron chi connectivity index (χ2n) is 3.74. The van der Waals surface area contributed by atoms with Crippen molar-refractivity contribution in [3.8, 4) is 6.07 Å². The van der Waals surface area contributed by atoms with Crippen molar-refractivity contribution in [1.82, 2.24) is 0 Å². The van der Waals surface area contributed by atoms with Gasteiger partial charge >= 0.3 is 0 Å². The third-order valence-electron chi connectivity index (χ3n) is 2.43. The topological polar surface area (TPSA) is 23.8 Å². The van der Waals surface area contributed by atoms with Gasteiger partial charge in [-0.15, -0.1) is 0 Å². The Morgan fingerprint density at radius 2 is 1.94 bits per heavy atom. The first-order valence-electron chi connectivity index (χ1n) is 5.32. The first kappa shape index (κ1) is 12.9. The smallest absolute Gasteiger partial charge is 0.0991 e. The first-order valence-corrected chi connectivity index (χ1v) is 6.49. The Morgan fingerprint density at radius 3 is 2.67 bits per heavy atom. The second-order valence-corrected chi connectivity index (χ2v) is 5.03. The van der Waals surface area contributed by atoms with Gasteiger partial charge in [0.1, 0.15) is 0 Å². The number of halogens is 2. The lowest BCUT2D eigenvalue weighted by molar-refractivity contribution is 1.48. The van der Waals surface area contributed by atoms with Gasteiger partial charge in [0.2, 0.25) is 0 Å². The number of nitrogens with zero attached hydrogens (tertiary/aromatic N) is 1. The van der Waals surface area contributed by atoms with Crippen LogP contribution in [0.2, 0.25) is 5.02 Å². The Labute approximate surface area is 119 Å². The lowest BCUT2D eigenvalue weighted by Gasteiger charge is -1.99. The minimum absolute atomic E-state index is 0.660. The lowest BCUT2D eigenvalue weighted by Crippen LogP contribution is -1.78. The molecule has 0 bridgehead atoms. The maximum absolute atomic E-state index is 8.83. The molecule has 1 nitrogen and oxygen atoms in total. The van der Waals surface area contributed by atoms with Crippen LogP contribution < -0.4 is 0 Å². The van der Waals surface area contributed by atoms with E-state index in [4.69, 9.17) is 16.9 Å². The average Bonchev–Trinajstić information content (AvgIpc) is 2.38. The van der Waals surface area contributed by atoms with Gasteiger partial charge < -0.3 is 0 Å². The maximum atomic E-state index is 8.83. The normalized spacial score (nSPS) is 10.5. The van der Waals surface area contributed by atoms with Crippen LogP contribution in [0.4, 0.5) is 0 Å². The van der Waals surface area contributed by atoms with E-state index in [1.54, 1.807) is 6.07 Å². The fourth-order valence-corrected chi connectivity index (χ4v) is 2.35. The van der Waals surface area contributed by atoms with Gasteiger partial charge in [-0.05, 0) is 35.4 Å². The molecule has 0 radical (unpaired) electrons. The third-order valence-corrected chi connectivity index (χ3v) is 3.36. The first-order chi connectivity index (χ1) is 8.69. The molecule has 0 heterocycles. The number of rotatable bonds is 2. The summed E-state index contributed by atoms with van der Waals surface area (Å²) in [4.78, 5) is 0. The van der Waals surface area contributed by atoms with E-state index >= 15 is 0 Å². The van der Waals surface area contributed by atoms with Gasteiger partial charge in [0.05, 0.1) is 11.6 Å². The van der Waals surface area contributed by atoms with E-state index < -0.39 is 0 Å². The fourth-order valence-electron chi connectivity index (χ4n) is 1.53. The van der Waals surface area contributed by atoms with E-state index in [1.165, 1.54) is 0 Å². The van der Waals surface area contributed by atoms with Crippen molar-refractivity contribution in [2.75, 3.05) is 0 Å². The van der Waals surface area contributed by atoms with E-state index in [0.717, 1.165) is 15.6 Å². The summed E-state index contributed by atoms with van der Waals surface area (Å²) in [5.74, 6) is 0. The van der Waals surface area contributed by atoms with Crippen molar-refractivity contribution in [3.05, 3.63) is 68.7 Å². The quantitative estimate of drug-likeness (QED) is 0.703. The zero-order valence-corrected chi connectivity index (χ0v) is 11.7. The van der Waals surface area contributed by atoms with Crippen molar-refractivity contribution in [1.29, 1.82) is 5.26 Å². The van der Waals surface area contributed by atoms with Gasteiger partial charge in [-0.25, -0.2) is 0 Å². The van der Waals surface area contributed by atoms with Crippen molar-refractivity contribution in [3.63, 3.8) is 0 Å². The molecule has 2 aromatic carbocycles. The molecule has 0 unspecified atom stereocenters. The summed E-state index contributed by atoms with van der Waals surface area (Å²) in [7, 11) is 0. The Kier molecular flexibility index (Phi) is 4.19. The molecule has 2 rings (SSSR count). The molecule has 18 heavy (non-hydrogen) atoms. The highest BCUT2D eigenvalue weighted by Crippen LogP contribution is 2.23. The molecule has 2 aromatic rings. The molecule has 0 spiro atoms. The molecule has 0 aliphatic heterocycles. The zero-order valence-electron chi connectivity index (χ0n) is 9.40. The summed E-state index contributed by atoms with van der Waals surface area (Å²) in [6.45, 7) is 0. The van der Waals surface area contributed by atoms with Crippen LogP contribution in [0.25, 0.3) is 12.2 Å². The van der Waals surface area contributed by atoms with Gasteiger partial charge in [-0.2, -0.15) is 5.26 Å². The van der Waals surface area contributed by atoms with Gasteiger partial charge in [0.25, 0.3) is 0 Å². The van der Waals surface area contributed by atoms with Gasteiger partial charge in [-0.1, -0.05) is 57.9 Å². The summed E-state index contributed by atoms with van der Waals surface area (Å²) in [5.41, 5.74) is 2.70. The molecule has 88 valence electrons. The van der Waals surface area contributed by atoms with Crippen LogP contribution in [-0.4, -0.2) is 0 Å². The van der Waals surface area contributed by atoms with Gasteiger partial charge in [0.15, 0.2) is 0 Å². The Bertz CT molecular complexity index is 641. The van der Waals surface area contributed by atoms with Crippen LogP contribution in [0, 0.1) is 11.3 Å². The van der Waals surface area contributed by atoms with E-state index in [1.807, 2.05) is 48.6 Å². The molecule has 0 fully saturated rings. The van der Waals surface area contributed by atoms with E-state index in [9.17, 15) is 0 Å². The molecule has 0 aromatic heterocycles. The van der Waals surface area contributed by atoms with Crippen LogP contribution in [0.3, 0.4) is 0 Å². The average molecular weight is 319 g/mol. The largest absolute Gasteiger partial charge is 0.192 e.